The molecule has 8 heavy (non-hydrogen) atoms. The van der Waals surface area contributed by atoms with Gasteiger partial charge >= 0.3 is 0 Å². The summed E-state index contributed by atoms with van der Waals surface area (Å²) in [7, 11) is 0. The van der Waals surface area contributed by atoms with Crippen molar-refractivity contribution in [2.24, 2.45) is 25.9 Å². The van der Waals surface area contributed by atoms with Crippen molar-refractivity contribution in [3.8, 4) is 0 Å². The van der Waals surface area contributed by atoms with Crippen LogP contribution in [0.1, 0.15) is 0 Å². The average Bonchev–Trinajstić information content (AvgIpc) is 1.62. The van der Waals surface area contributed by atoms with Crippen molar-refractivity contribution >= 4 is 6.21 Å². The maximum absolute atomic E-state index is 3.42. The van der Waals surface area contributed by atoms with E-state index in [-0.39, 0.29) is 0 Å². The van der Waals surface area contributed by atoms with Crippen LogP contribution in [0.25, 0.3) is 0 Å². The van der Waals surface area contributed by atoms with Gasteiger partial charge in [0.2, 0.25) is 0 Å². The van der Waals surface area contributed by atoms with E-state index in [2.05, 4.69) is 25.9 Å². The third kappa shape index (κ3) is 1.38. The highest BCUT2D eigenvalue weighted by Gasteiger charge is 1.68. The van der Waals surface area contributed by atoms with Crippen LogP contribution in [0.5, 0.6) is 0 Å². The van der Waals surface area contributed by atoms with E-state index in [0.29, 0.717) is 0 Å². The molecule has 1 rings (SSSR count). The molecule has 0 saturated carbocycles. The van der Waals surface area contributed by atoms with Gasteiger partial charge in [-0.1, -0.05) is 0 Å². The minimum Gasteiger partial charge on any atom is -0.137 e. The Balaban J connectivity index is 2.67. The fraction of sp³-hybridized carbons (Fsp3) is 0. The van der Waals surface area contributed by atoms with Crippen LogP contribution in [0.15, 0.2) is 38.2 Å². The molecule has 0 aromatic heterocycles. The molecular weight excluding hydrogens is 106 g/mol. The summed E-state index contributed by atoms with van der Waals surface area (Å²) in [4.78, 5) is 0. The second-order valence-electron chi connectivity index (χ2n) is 0.990. The van der Waals surface area contributed by atoms with Crippen molar-refractivity contribution in [1.82, 2.24) is 0 Å². The van der Waals surface area contributed by atoms with Gasteiger partial charge in [-0.2, -0.15) is 0 Å². The molecule has 0 saturated heterocycles. The molecule has 0 aliphatic carbocycles. The van der Waals surface area contributed by atoms with Gasteiger partial charge in [0.05, 0.1) is 12.4 Å². The zero-order valence-corrected chi connectivity index (χ0v) is 3.97. The number of rotatable bonds is 0. The van der Waals surface area contributed by atoms with Gasteiger partial charge in [-0.05, 0) is 21.7 Å². The van der Waals surface area contributed by atoms with Crippen molar-refractivity contribution in [3.05, 3.63) is 12.3 Å². The Kier molecular flexibility index (Phi) is 1.62. The summed E-state index contributed by atoms with van der Waals surface area (Å²) in [5, 5.41) is 16.4. The van der Waals surface area contributed by atoms with Crippen molar-refractivity contribution in [2.45, 2.75) is 0 Å². The molecule has 1 heterocycles. The summed E-state index contributed by atoms with van der Waals surface area (Å²) in [5.41, 5.74) is 0. The molecule has 0 aromatic carbocycles. The Hall–Kier alpha value is -1.39. The molecule has 0 radical (unpaired) electrons. The molecule has 0 unspecified atom stereocenters. The zero-order chi connectivity index (χ0) is 5.66. The topological polar surface area (TPSA) is 61.8 Å². The Morgan fingerprint density at radius 1 is 1.00 bits per heavy atom. The van der Waals surface area contributed by atoms with Crippen LogP contribution in [0, 0.1) is 0 Å². The van der Waals surface area contributed by atoms with Gasteiger partial charge < -0.3 is 0 Å². The van der Waals surface area contributed by atoms with Gasteiger partial charge in [-0.25, -0.2) is 0 Å². The summed E-state index contributed by atoms with van der Waals surface area (Å²) >= 11 is 0. The van der Waals surface area contributed by atoms with Gasteiger partial charge in [0.1, 0.15) is 0 Å². The predicted octanol–water partition coefficient (Wildman–Crippen LogP) is 1.32. The second-order valence-corrected chi connectivity index (χ2v) is 0.990. The lowest BCUT2D eigenvalue weighted by molar-refractivity contribution is 0.891. The van der Waals surface area contributed by atoms with Gasteiger partial charge in [-0.3, -0.25) is 0 Å². The second kappa shape index (κ2) is 2.73. The van der Waals surface area contributed by atoms with Gasteiger partial charge in [0.25, 0.3) is 0 Å². The minimum atomic E-state index is 1.47. The Labute approximate surface area is 45.5 Å². The zero-order valence-electron chi connectivity index (χ0n) is 3.97. The van der Waals surface area contributed by atoms with Crippen LogP contribution >= 0.6 is 0 Å². The first-order chi connectivity index (χ1) is 4.00. The number of allylic oxidation sites excluding steroid dienone is 1. The molecule has 0 aromatic rings. The molecular formula is C3H3N5. The Bertz CT molecular complexity index is 109. The quantitative estimate of drug-likeness (QED) is 0.450. The maximum Gasteiger partial charge on any atom is 0.0530 e. The highest BCUT2D eigenvalue weighted by Crippen LogP contribution is 1.85. The summed E-state index contributed by atoms with van der Waals surface area (Å²) in [5.74, 6) is 0. The standard InChI is InChI=1S/C3H3N5/c1-2-4-6-8-7-5-3-1/h1-3H/b2-1?,3-1?,4-2?,5-3?,6-4?,7-5?,8-6-,8-7?. The van der Waals surface area contributed by atoms with E-state index < -0.39 is 0 Å². The molecule has 0 atom stereocenters. The lowest BCUT2D eigenvalue weighted by atomic mass is 10.7. The van der Waals surface area contributed by atoms with Crippen molar-refractivity contribution in [3.63, 3.8) is 0 Å². The molecule has 0 bridgehead atoms. The SMILES string of the molecule is C1=CN=N/N=N\N=C1. The monoisotopic (exact) mass is 109 g/mol. The van der Waals surface area contributed by atoms with E-state index in [9.17, 15) is 0 Å². The average molecular weight is 109 g/mol. The molecule has 0 spiro atoms. The fourth-order valence-electron chi connectivity index (χ4n) is 0.239. The number of hydrogen-bond donors (Lipinski definition) is 0. The fourth-order valence-corrected chi connectivity index (χ4v) is 0.239. The van der Waals surface area contributed by atoms with Crippen LogP contribution in [0.2, 0.25) is 0 Å². The predicted molar refractivity (Wildman–Crippen MR) is 27.3 cm³/mol. The molecule has 1 aliphatic rings. The molecule has 1 aliphatic heterocycles. The summed E-state index contributed by atoms with van der Waals surface area (Å²) < 4.78 is 0. The Morgan fingerprint density at radius 3 is 3.00 bits per heavy atom. The molecule has 0 fully saturated rings. The summed E-state index contributed by atoms with van der Waals surface area (Å²) in [6.07, 6.45) is 4.56. The lowest BCUT2D eigenvalue weighted by Gasteiger charge is -1.74. The van der Waals surface area contributed by atoms with E-state index in [1.807, 2.05) is 0 Å². The van der Waals surface area contributed by atoms with Crippen LogP contribution in [-0.2, 0) is 0 Å². The van der Waals surface area contributed by atoms with Crippen LogP contribution in [0.4, 0.5) is 0 Å². The van der Waals surface area contributed by atoms with Crippen molar-refractivity contribution in [2.75, 3.05) is 0 Å². The van der Waals surface area contributed by atoms with Gasteiger partial charge in [0, 0.05) is 0 Å². The van der Waals surface area contributed by atoms with Gasteiger partial charge in [0.15, 0.2) is 0 Å². The molecule has 40 valence electrons. The van der Waals surface area contributed by atoms with Crippen molar-refractivity contribution < 1.29 is 0 Å². The minimum absolute atomic E-state index is 1.47. The molecule has 0 amide bonds. The molecule has 5 nitrogen and oxygen atoms in total. The first-order valence-electron chi connectivity index (χ1n) is 1.98. The first-order valence-corrected chi connectivity index (χ1v) is 1.98. The number of hydrogen-bond acceptors (Lipinski definition) is 5. The van der Waals surface area contributed by atoms with Crippen LogP contribution in [-0.4, -0.2) is 6.21 Å². The van der Waals surface area contributed by atoms with E-state index >= 15 is 0 Å². The third-order valence-corrected chi connectivity index (χ3v) is 0.489. The normalized spacial score (nSPS) is 20.0. The number of nitrogens with zero attached hydrogens (tertiary/aromatic N) is 5. The molecule has 0 N–H and O–H groups in total. The highest BCUT2D eigenvalue weighted by atomic mass is 15.5. The largest absolute Gasteiger partial charge is 0.137 e. The highest BCUT2D eigenvalue weighted by molar-refractivity contribution is 5.70. The Morgan fingerprint density at radius 2 is 2.00 bits per heavy atom. The summed E-state index contributed by atoms with van der Waals surface area (Å²) in [6.45, 7) is 0. The smallest absolute Gasteiger partial charge is 0.0530 e. The summed E-state index contributed by atoms with van der Waals surface area (Å²) in [6, 6.07) is 0. The van der Waals surface area contributed by atoms with E-state index in [1.165, 1.54) is 12.4 Å². The van der Waals surface area contributed by atoms with Crippen LogP contribution in [0.3, 0.4) is 0 Å². The van der Waals surface area contributed by atoms with Gasteiger partial charge in [-0.15, -0.1) is 10.2 Å². The first kappa shape index (κ1) is 4.76. The van der Waals surface area contributed by atoms with E-state index in [1.54, 1.807) is 6.08 Å². The molecule has 5 heteroatoms. The van der Waals surface area contributed by atoms with E-state index in [0.717, 1.165) is 0 Å². The third-order valence-electron chi connectivity index (χ3n) is 0.489. The van der Waals surface area contributed by atoms with Crippen molar-refractivity contribution in [1.29, 1.82) is 0 Å². The van der Waals surface area contributed by atoms with Crippen LogP contribution < -0.4 is 0 Å². The maximum atomic E-state index is 3.42. The van der Waals surface area contributed by atoms with E-state index in [4.69, 9.17) is 0 Å². The lowest BCUT2D eigenvalue weighted by Crippen LogP contribution is -1.62.